The van der Waals surface area contributed by atoms with Crippen LogP contribution in [-0.4, -0.2) is 39.5 Å². The van der Waals surface area contributed by atoms with E-state index in [9.17, 15) is 0 Å². The molecule has 6 nitrogen and oxygen atoms in total. The lowest BCUT2D eigenvalue weighted by atomic mass is 10.1. The second-order valence-electron chi connectivity index (χ2n) is 12.1. The van der Waals surface area contributed by atoms with E-state index in [2.05, 4.69) is 99.7 Å². The van der Waals surface area contributed by atoms with Gasteiger partial charge >= 0.3 is 0 Å². The maximum atomic E-state index is 7.24. The molecule has 0 aliphatic rings. The minimum Gasteiger partial charge on any atom is -0.405 e. The Kier molecular flexibility index (Phi) is 7.81. The third-order valence-corrected chi connectivity index (χ3v) is 13.3. The highest BCUT2D eigenvalue weighted by molar-refractivity contribution is 6.99. The summed E-state index contributed by atoms with van der Waals surface area (Å²) < 4.78 is 11.1. The molecule has 6 aromatic rings. The van der Waals surface area contributed by atoms with E-state index in [1.165, 1.54) is 10.4 Å². The minimum atomic E-state index is -2.68. The van der Waals surface area contributed by atoms with Crippen LogP contribution < -0.4 is 10.4 Å². The van der Waals surface area contributed by atoms with E-state index in [1.807, 2.05) is 54.5 Å². The second kappa shape index (κ2) is 11.6. The highest BCUT2D eigenvalue weighted by Crippen LogP contribution is 2.37. The van der Waals surface area contributed by atoms with Gasteiger partial charge in [-0.25, -0.2) is 4.98 Å². The first-order valence-corrected chi connectivity index (χ1v) is 16.8. The Labute approximate surface area is 259 Å². The normalized spacial score (nSPS) is 13.0. The molecule has 1 atom stereocenters. The predicted molar refractivity (Wildman–Crippen MR) is 178 cm³/mol. The molecule has 3 aromatic carbocycles. The first kappa shape index (κ1) is 29.0. The lowest BCUT2D eigenvalue weighted by molar-refractivity contribution is 0.238. The van der Waals surface area contributed by atoms with Gasteiger partial charge in [0.1, 0.15) is 0 Å². The molecular formula is C35H36ClN5OSi. The fourth-order valence-electron chi connectivity index (χ4n) is 5.88. The third kappa shape index (κ3) is 5.56. The van der Waals surface area contributed by atoms with Crippen LogP contribution >= 0.6 is 11.6 Å². The summed E-state index contributed by atoms with van der Waals surface area (Å²) in [6, 6.07) is 31.3. The van der Waals surface area contributed by atoms with E-state index < -0.39 is 8.32 Å². The number of nitrogens with zero attached hydrogens (tertiary/aromatic N) is 5. The van der Waals surface area contributed by atoms with Gasteiger partial charge in [0, 0.05) is 41.0 Å². The van der Waals surface area contributed by atoms with E-state index in [0.717, 1.165) is 33.4 Å². The molecule has 0 aliphatic heterocycles. The molecule has 0 saturated heterocycles. The molecule has 0 fully saturated rings. The third-order valence-electron chi connectivity index (χ3n) is 8.05. The van der Waals surface area contributed by atoms with Crippen LogP contribution in [0.15, 0.2) is 110 Å². The van der Waals surface area contributed by atoms with Crippen LogP contribution in [0.25, 0.3) is 33.4 Å². The number of rotatable bonds is 8. The number of benzene rings is 3. The standard InChI is InChI=1S/C35H36ClN5OSi/c1-25(24-42-43(35(2,3)4,29-12-8-6-9-13-29)30-14-10-7-11-15-30)41-23-31-33(39-41)20-32(26-16-18-28(36)19-17-26)38-34(31)27-21-37-40(5)22-27/h6-23,25H,24H2,1-5H3/t25-/m0/s1. The SMILES string of the molecule is C[C@@H](CO[Si](c1ccccc1)(c1ccccc1)C(C)(C)C)n1cc2c(-c3cnn(C)c3)nc(-c3ccc(Cl)cc3)cc2n1. The van der Waals surface area contributed by atoms with Crippen molar-refractivity contribution in [3.8, 4) is 22.5 Å². The average molecular weight is 606 g/mol. The maximum absolute atomic E-state index is 7.24. The van der Waals surface area contributed by atoms with E-state index in [-0.39, 0.29) is 11.1 Å². The number of aromatic nitrogens is 5. The van der Waals surface area contributed by atoms with Crippen molar-refractivity contribution in [2.24, 2.45) is 7.05 Å². The molecule has 0 saturated carbocycles. The van der Waals surface area contributed by atoms with Crippen molar-refractivity contribution in [1.29, 1.82) is 0 Å². The molecule has 43 heavy (non-hydrogen) atoms. The number of hydrogen-bond acceptors (Lipinski definition) is 4. The quantitative estimate of drug-likeness (QED) is 0.171. The lowest BCUT2D eigenvalue weighted by Gasteiger charge is -2.43. The Balaban J connectivity index is 1.40. The van der Waals surface area contributed by atoms with Crippen LogP contribution in [0.1, 0.15) is 33.7 Å². The van der Waals surface area contributed by atoms with Gasteiger partial charge in [-0.3, -0.25) is 9.36 Å². The Morgan fingerprint density at radius 1 is 0.860 bits per heavy atom. The van der Waals surface area contributed by atoms with Gasteiger partial charge < -0.3 is 4.43 Å². The molecule has 6 rings (SSSR count). The first-order valence-electron chi connectivity index (χ1n) is 14.6. The van der Waals surface area contributed by atoms with Gasteiger partial charge in [-0.05, 0) is 40.5 Å². The van der Waals surface area contributed by atoms with Crippen molar-refractivity contribution in [3.05, 3.63) is 115 Å². The molecule has 8 heteroatoms. The van der Waals surface area contributed by atoms with Gasteiger partial charge in [0.05, 0.1) is 35.8 Å². The molecule has 0 N–H and O–H groups in total. The molecule has 3 heterocycles. The number of halogens is 1. The first-order chi connectivity index (χ1) is 20.7. The van der Waals surface area contributed by atoms with Crippen molar-refractivity contribution >= 4 is 41.2 Å². The highest BCUT2D eigenvalue weighted by atomic mass is 35.5. The second-order valence-corrected chi connectivity index (χ2v) is 16.9. The van der Waals surface area contributed by atoms with E-state index in [4.69, 9.17) is 26.1 Å². The van der Waals surface area contributed by atoms with Crippen LogP contribution in [0.4, 0.5) is 0 Å². The zero-order valence-corrected chi connectivity index (χ0v) is 27.0. The van der Waals surface area contributed by atoms with Crippen molar-refractivity contribution in [2.45, 2.75) is 38.8 Å². The van der Waals surface area contributed by atoms with Gasteiger partial charge in [-0.2, -0.15) is 10.2 Å². The molecule has 0 spiro atoms. The largest absolute Gasteiger partial charge is 0.405 e. The fourth-order valence-corrected chi connectivity index (χ4v) is 10.7. The molecule has 0 bridgehead atoms. The Morgan fingerprint density at radius 3 is 2.05 bits per heavy atom. The van der Waals surface area contributed by atoms with Crippen molar-refractivity contribution in [2.75, 3.05) is 6.61 Å². The van der Waals surface area contributed by atoms with Crippen molar-refractivity contribution in [1.82, 2.24) is 24.5 Å². The van der Waals surface area contributed by atoms with Gasteiger partial charge in [-0.1, -0.05) is 105 Å². The van der Waals surface area contributed by atoms with Crippen molar-refractivity contribution < 1.29 is 4.43 Å². The summed E-state index contributed by atoms with van der Waals surface area (Å²) in [4.78, 5) is 5.08. The average Bonchev–Trinajstić information content (AvgIpc) is 3.64. The predicted octanol–water partition coefficient (Wildman–Crippen LogP) is 7.29. The zero-order chi connectivity index (χ0) is 30.2. The van der Waals surface area contributed by atoms with E-state index in [1.54, 1.807) is 4.68 Å². The van der Waals surface area contributed by atoms with Gasteiger partial charge in [0.25, 0.3) is 8.32 Å². The molecule has 3 aromatic heterocycles. The minimum absolute atomic E-state index is 0.0187. The number of aryl methyl sites for hydroxylation is 1. The maximum Gasteiger partial charge on any atom is 0.261 e. The summed E-state index contributed by atoms with van der Waals surface area (Å²) >= 11 is 6.17. The number of pyridine rings is 1. The van der Waals surface area contributed by atoms with Gasteiger partial charge in [0.2, 0.25) is 0 Å². The van der Waals surface area contributed by atoms with Crippen LogP contribution in [-0.2, 0) is 11.5 Å². The highest BCUT2D eigenvalue weighted by Gasteiger charge is 2.50. The molecule has 0 amide bonds. The zero-order valence-electron chi connectivity index (χ0n) is 25.2. The van der Waals surface area contributed by atoms with Gasteiger partial charge in [0.15, 0.2) is 0 Å². The summed E-state index contributed by atoms with van der Waals surface area (Å²) in [6.07, 6.45) is 5.93. The Bertz CT molecular complexity index is 1800. The van der Waals surface area contributed by atoms with Crippen LogP contribution in [0, 0.1) is 0 Å². The number of hydrogen-bond donors (Lipinski definition) is 0. The molecule has 0 aliphatic carbocycles. The summed E-state index contributed by atoms with van der Waals surface area (Å²) in [5.74, 6) is 0. The van der Waals surface area contributed by atoms with Crippen molar-refractivity contribution in [3.63, 3.8) is 0 Å². The monoisotopic (exact) mass is 605 g/mol. The lowest BCUT2D eigenvalue weighted by Crippen LogP contribution is -2.66. The Hall–Kier alpha value is -4.04. The smallest absolute Gasteiger partial charge is 0.261 e. The van der Waals surface area contributed by atoms with Crippen LogP contribution in [0.3, 0.4) is 0 Å². The van der Waals surface area contributed by atoms with Crippen LogP contribution in [0.2, 0.25) is 10.1 Å². The molecule has 0 radical (unpaired) electrons. The summed E-state index contributed by atoms with van der Waals surface area (Å²) in [6.45, 7) is 9.59. The van der Waals surface area contributed by atoms with Crippen LogP contribution in [0.5, 0.6) is 0 Å². The summed E-state index contributed by atoms with van der Waals surface area (Å²) in [5, 5.41) is 13.6. The summed E-state index contributed by atoms with van der Waals surface area (Å²) in [5.41, 5.74) is 4.48. The molecule has 218 valence electrons. The van der Waals surface area contributed by atoms with E-state index in [0.29, 0.717) is 11.6 Å². The van der Waals surface area contributed by atoms with E-state index >= 15 is 0 Å². The summed E-state index contributed by atoms with van der Waals surface area (Å²) in [7, 11) is -0.764. The number of fused-ring (bicyclic) bond motifs is 1. The Morgan fingerprint density at radius 2 is 1.49 bits per heavy atom. The molecular weight excluding hydrogens is 570 g/mol. The topological polar surface area (TPSA) is 57.8 Å². The van der Waals surface area contributed by atoms with Gasteiger partial charge in [-0.15, -0.1) is 0 Å². The molecule has 0 unspecified atom stereocenters. The fraction of sp³-hybridized carbons (Fsp3) is 0.229.